The fourth-order valence-electron chi connectivity index (χ4n) is 1.92. The quantitative estimate of drug-likeness (QED) is 0.473. The van der Waals surface area contributed by atoms with Gasteiger partial charge in [0.1, 0.15) is 17.7 Å². The fraction of sp³-hybridized carbons (Fsp3) is 0.588. The number of carbonyl (C=O) groups excluding carboxylic acids is 1. The van der Waals surface area contributed by atoms with Gasteiger partial charge in [0.05, 0.1) is 20.1 Å². The molecule has 0 radical (unpaired) electrons. The number of carbonyl (C=O) groups is 1. The molecule has 20 heavy (non-hydrogen) atoms. The molecule has 0 aliphatic heterocycles. The Labute approximate surface area is 123 Å². The van der Waals surface area contributed by atoms with Crippen LogP contribution in [0.2, 0.25) is 0 Å². The Hall–Kier alpha value is -1.35. The minimum atomic E-state index is 0.113. The average Bonchev–Trinajstić information content (AvgIpc) is 2.49. The molecule has 0 aromatic heterocycles. The standard InChI is InChI=1S/C15H23NO2.C2H6/c1-5-15(2,3)13-11-12(18-4)7-8-14(13)16-9-6-10-17;1-2/h7-8,10-11,16H,5-6,9H2,1-4H3;1-2H3/p+1. The first-order valence-corrected chi connectivity index (χ1v) is 7.50. The fourth-order valence-corrected chi connectivity index (χ4v) is 1.92. The molecular formula is C17H30NO2+. The lowest BCUT2D eigenvalue weighted by atomic mass is 9.81. The van der Waals surface area contributed by atoms with Gasteiger partial charge in [-0.2, -0.15) is 0 Å². The molecule has 0 saturated carbocycles. The highest BCUT2D eigenvalue weighted by molar-refractivity contribution is 5.50. The summed E-state index contributed by atoms with van der Waals surface area (Å²) in [5.74, 6) is 0.888. The molecule has 1 rings (SSSR count). The third kappa shape index (κ3) is 5.33. The highest BCUT2D eigenvalue weighted by Crippen LogP contribution is 2.33. The van der Waals surface area contributed by atoms with Gasteiger partial charge in [0.25, 0.3) is 0 Å². The second-order valence-corrected chi connectivity index (χ2v) is 5.14. The van der Waals surface area contributed by atoms with Crippen LogP contribution in [0.25, 0.3) is 0 Å². The molecule has 0 fully saturated rings. The maximum Gasteiger partial charge on any atom is 0.133 e. The van der Waals surface area contributed by atoms with E-state index >= 15 is 0 Å². The predicted octanol–water partition coefficient (Wildman–Crippen LogP) is 3.19. The number of aldehydes is 1. The molecule has 0 heterocycles. The predicted molar refractivity (Wildman–Crippen MR) is 84.8 cm³/mol. The molecule has 0 aliphatic carbocycles. The zero-order valence-electron chi connectivity index (χ0n) is 13.8. The average molecular weight is 280 g/mol. The van der Waals surface area contributed by atoms with Crippen LogP contribution < -0.4 is 10.1 Å². The zero-order valence-corrected chi connectivity index (χ0v) is 13.8. The van der Waals surface area contributed by atoms with Crippen molar-refractivity contribution in [1.82, 2.24) is 0 Å². The van der Waals surface area contributed by atoms with Crippen LogP contribution in [0.1, 0.15) is 53.0 Å². The van der Waals surface area contributed by atoms with Gasteiger partial charge in [0.2, 0.25) is 0 Å². The van der Waals surface area contributed by atoms with Gasteiger partial charge >= 0.3 is 0 Å². The van der Waals surface area contributed by atoms with E-state index in [1.165, 1.54) is 11.3 Å². The van der Waals surface area contributed by atoms with Crippen molar-refractivity contribution < 1.29 is 14.8 Å². The third-order valence-corrected chi connectivity index (χ3v) is 3.52. The first-order valence-electron chi connectivity index (χ1n) is 7.50. The number of benzene rings is 1. The summed E-state index contributed by atoms with van der Waals surface area (Å²) in [7, 11) is 1.69. The van der Waals surface area contributed by atoms with E-state index in [9.17, 15) is 4.79 Å². The minimum Gasteiger partial charge on any atom is -0.497 e. The van der Waals surface area contributed by atoms with Gasteiger partial charge in [-0.1, -0.05) is 34.6 Å². The van der Waals surface area contributed by atoms with Gasteiger partial charge in [-0.3, -0.25) is 0 Å². The van der Waals surface area contributed by atoms with Crippen LogP contribution in [0.4, 0.5) is 5.69 Å². The number of ether oxygens (including phenoxy) is 1. The highest BCUT2D eigenvalue weighted by Gasteiger charge is 2.24. The van der Waals surface area contributed by atoms with E-state index < -0.39 is 0 Å². The molecule has 0 unspecified atom stereocenters. The molecule has 2 N–H and O–H groups in total. The summed E-state index contributed by atoms with van der Waals surface area (Å²) in [6.45, 7) is 11.5. The Morgan fingerprint density at radius 1 is 1.30 bits per heavy atom. The molecule has 0 amide bonds. The first-order chi connectivity index (χ1) is 9.55. The number of nitrogens with two attached hydrogens (primary N) is 1. The maximum absolute atomic E-state index is 10.4. The van der Waals surface area contributed by atoms with Crippen LogP contribution >= 0.6 is 0 Å². The molecule has 0 spiro atoms. The van der Waals surface area contributed by atoms with Gasteiger partial charge in [0, 0.05) is 11.6 Å². The van der Waals surface area contributed by atoms with Crippen molar-refractivity contribution in [3.8, 4) is 5.75 Å². The van der Waals surface area contributed by atoms with Crippen molar-refractivity contribution in [2.75, 3.05) is 13.7 Å². The van der Waals surface area contributed by atoms with E-state index in [0.29, 0.717) is 6.42 Å². The SMILES string of the molecule is CC.CCC(C)(C)c1cc(OC)ccc1[NH2+]CCC=O. The number of quaternary nitrogens is 1. The lowest BCUT2D eigenvalue weighted by molar-refractivity contribution is -0.570. The van der Waals surface area contributed by atoms with Crippen LogP contribution in [0.3, 0.4) is 0 Å². The van der Waals surface area contributed by atoms with Gasteiger partial charge in [-0.15, -0.1) is 0 Å². The van der Waals surface area contributed by atoms with Crippen molar-refractivity contribution in [2.24, 2.45) is 0 Å². The van der Waals surface area contributed by atoms with E-state index in [1.54, 1.807) is 7.11 Å². The molecule has 0 saturated heterocycles. The van der Waals surface area contributed by atoms with Crippen LogP contribution in [0.5, 0.6) is 5.75 Å². The number of hydrogen-bond donors (Lipinski definition) is 1. The van der Waals surface area contributed by atoms with Crippen molar-refractivity contribution in [2.45, 2.75) is 52.9 Å². The van der Waals surface area contributed by atoms with Gasteiger partial charge in [-0.25, -0.2) is 0 Å². The van der Waals surface area contributed by atoms with Gasteiger partial charge < -0.3 is 14.8 Å². The second kappa shape index (κ2) is 9.54. The summed E-state index contributed by atoms with van der Waals surface area (Å²) in [4.78, 5) is 10.4. The Kier molecular flexibility index (Phi) is 8.89. The maximum atomic E-state index is 10.4. The Morgan fingerprint density at radius 2 is 1.95 bits per heavy atom. The number of hydrogen-bond acceptors (Lipinski definition) is 2. The van der Waals surface area contributed by atoms with Gasteiger partial charge in [0.15, 0.2) is 0 Å². The largest absolute Gasteiger partial charge is 0.497 e. The lowest BCUT2D eigenvalue weighted by Gasteiger charge is -2.25. The molecule has 1 aromatic carbocycles. The van der Waals surface area contributed by atoms with Crippen LogP contribution in [-0.4, -0.2) is 19.9 Å². The molecule has 114 valence electrons. The number of rotatable bonds is 7. The minimum absolute atomic E-state index is 0.113. The number of methoxy groups -OCH3 is 1. The highest BCUT2D eigenvalue weighted by atomic mass is 16.5. The monoisotopic (exact) mass is 280 g/mol. The summed E-state index contributed by atoms with van der Waals surface area (Å²) in [5.41, 5.74) is 2.61. The summed E-state index contributed by atoms with van der Waals surface area (Å²) < 4.78 is 5.31. The third-order valence-electron chi connectivity index (χ3n) is 3.52. The van der Waals surface area contributed by atoms with Crippen LogP contribution in [0.15, 0.2) is 18.2 Å². The molecule has 0 atom stereocenters. The van der Waals surface area contributed by atoms with E-state index in [-0.39, 0.29) is 5.41 Å². The van der Waals surface area contributed by atoms with E-state index in [0.717, 1.165) is 25.0 Å². The van der Waals surface area contributed by atoms with Crippen LogP contribution in [0, 0.1) is 0 Å². The summed E-state index contributed by atoms with van der Waals surface area (Å²) in [5, 5.41) is 2.14. The van der Waals surface area contributed by atoms with Gasteiger partial charge in [-0.05, 0) is 24.0 Å². The smallest absolute Gasteiger partial charge is 0.133 e. The lowest BCUT2D eigenvalue weighted by Crippen LogP contribution is -2.78. The molecule has 0 bridgehead atoms. The summed E-state index contributed by atoms with van der Waals surface area (Å²) in [6, 6.07) is 6.16. The first kappa shape index (κ1) is 18.7. The summed E-state index contributed by atoms with van der Waals surface area (Å²) in [6.07, 6.45) is 2.61. The van der Waals surface area contributed by atoms with E-state index in [4.69, 9.17) is 4.74 Å². The van der Waals surface area contributed by atoms with Crippen molar-refractivity contribution >= 4 is 12.0 Å². The molecule has 0 aliphatic rings. The van der Waals surface area contributed by atoms with E-state index in [2.05, 4.69) is 38.2 Å². The van der Waals surface area contributed by atoms with Crippen molar-refractivity contribution in [1.29, 1.82) is 0 Å². The normalized spacial score (nSPS) is 10.5. The zero-order chi connectivity index (χ0) is 15.6. The molecule has 1 aromatic rings. The summed E-state index contributed by atoms with van der Waals surface area (Å²) >= 11 is 0. The van der Waals surface area contributed by atoms with Crippen molar-refractivity contribution in [3.63, 3.8) is 0 Å². The molecule has 3 heteroatoms. The Morgan fingerprint density at radius 3 is 2.45 bits per heavy atom. The molecular weight excluding hydrogens is 250 g/mol. The topological polar surface area (TPSA) is 42.9 Å². The van der Waals surface area contributed by atoms with Crippen molar-refractivity contribution in [3.05, 3.63) is 23.8 Å². The Balaban J connectivity index is 0.00000172. The second-order valence-electron chi connectivity index (χ2n) is 5.14. The van der Waals surface area contributed by atoms with E-state index in [1.807, 2.05) is 19.9 Å². The van der Waals surface area contributed by atoms with Crippen LogP contribution in [-0.2, 0) is 10.2 Å². The molecule has 3 nitrogen and oxygen atoms in total. The Bertz CT molecular complexity index is 400.